The number of anilines is 2. The lowest BCUT2D eigenvalue weighted by molar-refractivity contribution is -0.385. The first-order valence-electron chi connectivity index (χ1n) is 20.1. The molecule has 0 aromatic heterocycles. The summed E-state index contributed by atoms with van der Waals surface area (Å²) in [5, 5.41) is 10.9. The number of alkyl halides is 6. The van der Waals surface area contributed by atoms with Crippen molar-refractivity contribution < 1.29 is 61.0 Å². The third-order valence-corrected chi connectivity index (χ3v) is 10.3. The van der Waals surface area contributed by atoms with Crippen molar-refractivity contribution in [3.05, 3.63) is 116 Å². The summed E-state index contributed by atoms with van der Waals surface area (Å²) in [6.45, 7) is 11.7. The minimum Gasteiger partial charge on any atom is -0.489 e. The fraction of sp³-hybridized carbons (Fsp3) is 0.378. The second kappa shape index (κ2) is 25.5. The average molecular weight is 1010 g/mol. The highest BCUT2D eigenvalue weighted by Crippen LogP contribution is 2.38. The van der Waals surface area contributed by atoms with E-state index >= 15 is 0 Å². The lowest BCUT2D eigenvalue weighted by atomic mass is 10.0. The largest absolute Gasteiger partial charge is 0.489 e. The third kappa shape index (κ3) is 14.8. The summed E-state index contributed by atoms with van der Waals surface area (Å²) in [4.78, 5) is 60.8. The summed E-state index contributed by atoms with van der Waals surface area (Å²) in [7, 11) is 1.64. The minimum absolute atomic E-state index is 0.0223. The minimum atomic E-state index is -4.61. The van der Waals surface area contributed by atoms with Gasteiger partial charge in [-0.3, -0.25) is 19.7 Å². The van der Waals surface area contributed by atoms with E-state index in [1.54, 1.807) is 23.8 Å². The summed E-state index contributed by atoms with van der Waals surface area (Å²) >= 11 is 22.8. The predicted octanol–water partition coefficient (Wildman–Crippen LogP) is 10.9. The van der Waals surface area contributed by atoms with E-state index in [9.17, 15) is 42.5 Å². The Morgan fingerprint density at radius 3 is 2.26 bits per heavy atom. The number of ether oxygens (including phenoxy) is 5. The zero-order valence-corrected chi connectivity index (χ0v) is 39.9. The number of nitro benzene ring substituents is 1. The number of carbonyl (C=O) groups excluding carboxylic acids is 4. The van der Waals surface area contributed by atoms with Gasteiger partial charge in [-0.2, -0.15) is 13.2 Å². The Hall–Kier alpha value is -5.33. The van der Waals surface area contributed by atoms with Crippen molar-refractivity contribution in [2.45, 2.75) is 77.2 Å². The Labute approximate surface area is 399 Å². The van der Waals surface area contributed by atoms with Crippen LogP contribution in [0.1, 0.15) is 61.7 Å². The van der Waals surface area contributed by atoms with E-state index < -0.39 is 50.8 Å². The molecule has 0 bridgehead atoms. The monoisotopic (exact) mass is 1000 g/mol. The summed E-state index contributed by atoms with van der Waals surface area (Å²) in [6.07, 6.45) is -5.06. The van der Waals surface area contributed by atoms with Gasteiger partial charge < -0.3 is 33.5 Å². The van der Waals surface area contributed by atoms with Gasteiger partial charge in [0.1, 0.15) is 35.3 Å². The average Bonchev–Trinajstić information content (AvgIpc) is 3.27. The van der Waals surface area contributed by atoms with Crippen molar-refractivity contribution in [3.63, 3.8) is 0 Å². The number of halogens is 7. The van der Waals surface area contributed by atoms with E-state index in [0.29, 0.717) is 25.0 Å². The summed E-state index contributed by atoms with van der Waals surface area (Å²) in [6, 6.07) is 18.7. The highest BCUT2D eigenvalue weighted by Gasteiger charge is 2.33. The number of hydrogen-bond acceptors (Lipinski definition) is 11. The molecule has 66 heavy (non-hydrogen) atoms. The van der Waals surface area contributed by atoms with Crippen molar-refractivity contribution >= 4 is 87.2 Å². The summed E-state index contributed by atoms with van der Waals surface area (Å²) < 4.78 is 63.9. The van der Waals surface area contributed by atoms with Crippen molar-refractivity contribution in [1.29, 1.82) is 0 Å². The number of rotatable bonds is 14. The van der Waals surface area contributed by atoms with Gasteiger partial charge in [-0.05, 0) is 88.6 Å². The molecule has 358 valence electrons. The highest BCUT2D eigenvalue weighted by atomic mass is 35.5. The number of aryl methyl sites for hydroxylation is 2. The van der Waals surface area contributed by atoms with Gasteiger partial charge in [-0.1, -0.05) is 72.1 Å². The molecule has 21 heteroatoms. The number of methoxy groups -OCH3 is 1. The van der Waals surface area contributed by atoms with E-state index in [4.69, 9.17) is 70.1 Å². The molecule has 3 atom stereocenters. The topological polar surface area (TPSA) is 164 Å². The number of hydrogen-bond donors (Lipinski definition) is 0. The molecule has 0 radical (unpaired) electrons. The Morgan fingerprint density at radius 2 is 1.68 bits per heavy atom. The first-order chi connectivity index (χ1) is 31.1. The van der Waals surface area contributed by atoms with Crippen molar-refractivity contribution in [2.24, 2.45) is 0 Å². The van der Waals surface area contributed by atoms with Crippen LogP contribution in [0.3, 0.4) is 0 Å². The lowest BCUT2D eigenvalue weighted by Crippen LogP contribution is -2.47. The van der Waals surface area contributed by atoms with Gasteiger partial charge in [0, 0.05) is 19.2 Å². The van der Waals surface area contributed by atoms with Crippen LogP contribution in [0.5, 0.6) is 17.2 Å². The Balaban J connectivity index is 0.000000282. The van der Waals surface area contributed by atoms with Gasteiger partial charge in [-0.15, -0.1) is 11.6 Å². The Bertz CT molecular complexity index is 2340. The smallest absolute Gasteiger partial charge is 0.416 e. The summed E-state index contributed by atoms with van der Waals surface area (Å²) in [5.74, 6) is -2.10. The van der Waals surface area contributed by atoms with Gasteiger partial charge >= 0.3 is 18.1 Å². The Morgan fingerprint density at radius 1 is 1.00 bits per heavy atom. The molecule has 4 aromatic carbocycles. The van der Waals surface area contributed by atoms with Gasteiger partial charge in [0.05, 0.1) is 52.2 Å². The maximum atomic E-state index is 12.8. The van der Waals surface area contributed by atoms with Crippen molar-refractivity contribution in [3.8, 4) is 17.2 Å². The third-order valence-electron chi connectivity index (χ3n) is 9.42. The number of carbonyl (C=O) groups is 4. The number of para-hydroxylation sites is 3. The molecule has 1 aliphatic rings. The molecule has 0 N–H and O–H groups in total. The van der Waals surface area contributed by atoms with Crippen LogP contribution in [0.4, 0.5) is 30.2 Å². The maximum Gasteiger partial charge on any atom is 0.416 e. The molecule has 0 aliphatic carbocycles. The first-order valence-corrected chi connectivity index (χ1v) is 21.9. The highest BCUT2D eigenvalue weighted by molar-refractivity contribution is 6.54. The summed E-state index contributed by atoms with van der Waals surface area (Å²) in [5.41, 5.74) is 1.76. The normalized spacial score (nSPS) is 13.9. The van der Waals surface area contributed by atoms with Crippen LogP contribution in [0, 0.1) is 17.0 Å². The molecule has 0 spiro atoms. The van der Waals surface area contributed by atoms with E-state index in [1.165, 1.54) is 6.92 Å². The predicted molar refractivity (Wildman–Crippen MR) is 246 cm³/mol. The number of nitrogens with zero attached hydrogens (tertiary/aromatic N) is 3. The van der Waals surface area contributed by atoms with Crippen LogP contribution < -0.4 is 19.3 Å². The molecule has 0 fully saturated rings. The zero-order chi connectivity index (χ0) is 49.5. The lowest BCUT2D eigenvalue weighted by Gasteiger charge is -2.35. The Kier molecular flexibility index (Phi) is 21.3. The number of amides is 2. The van der Waals surface area contributed by atoms with Crippen LogP contribution in [0.2, 0.25) is 5.02 Å². The molecule has 2 amide bonds. The molecular formula is C45H48Cl4F3N3O11. The molecule has 3 unspecified atom stereocenters. The van der Waals surface area contributed by atoms with Gasteiger partial charge in [0.2, 0.25) is 5.91 Å². The first kappa shape index (κ1) is 55.0. The number of fused-ring (bicyclic) bond motifs is 1. The SMILES string of the molecule is CC1COc2ccccc2N1C(=O)C(Cl)Cl.CCOC(=O)C(C)OC(=O)c1cc(Oc2ccc(C(F)(F)F)cc2Cl)ccc1[N+](=O)[O-].CCc1cccc(C)c1N(C(=O)CCl)C(C)COC. The molecule has 14 nitrogen and oxygen atoms in total. The number of esters is 2. The second-order valence-electron chi connectivity index (χ2n) is 14.3. The number of nitro groups is 1. The van der Waals surface area contributed by atoms with Crippen molar-refractivity contribution in [2.75, 3.05) is 42.6 Å². The molecule has 0 saturated carbocycles. The van der Waals surface area contributed by atoms with E-state index in [0.717, 1.165) is 59.3 Å². The van der Waals surface area contributed by atoms with Crippen LogP contribution in [0.15, 0.2) is 78.9 Å². The zero-order valence-electron chi connectivity index (χ0n) is 36.8. The quantitative estimate of drug-likeness (QED) is 0.0511. The van der Waals surface area contributed by atoms with E-state index in [2.05, 4.69) is 13.0 Å². The van der Waals surface area contributed by atoms with E-state index in [-0.39, 0.29) is 52.9 Å². The molecule has 4 aromatic rings. The van der Waals surface area contributed by atoms with Crippen LogP contribution in [0.25, 0.3) is 0 Å². The van der Waals surface area contributed by atoms with Gasteiger partial charge in [-0.25, -0.2) is 9.59 Å². The van der Waals surface area contributed by atoms with Crippen molar-refractivity contribution in [1.82, 2.24) is 0 Å². The van der Waals surface area contributed by atoms with Crippen LogP contribution in [-0.2, 0) is 41.2 Å². The van der Waals surface area contributed by atoms with Gasteiger partial charge in [0.25, 0.3) is 11.6 Å². The van der Waals surface area contributed by atoms with Crippen LogP contribution >= 0.6 is 46.4 Å². The standard InChI is InChI=1S/C19H15ClF3NO7.C15H22ClNO2.C11H11Cl2NO2/c1-3-29-17(25)10(2)30-18(26)13-9-12(5-6-15(13)24(27)28)31-16-7-4-11(8-14(16)20)19(21,22)23;1-5-13-8-6-7-11(2)15(13)17(14(18)9-16)12(3)10-19-4;1-7-6-16-9-5-3-2-4-8(9)14(7)11(15)10(12)13/h4-10H,3H2,1-2H3;6-8,12H,5,9-10H2,1-4H3;2-5,7,10H,6H2,1H3. The molecular weight excluding hydrogens is 957 g/mol. The van der Waals surface area contributed by atoms with E-state index in [1.807, 2.05) is 57.2 Å². The van der Waals surface area contributed by atoms with Crippen LogP contribution in [-0.4, -0.2) is 84.5 Å². The fourth-order valence-corrected chi connectivity index (χ4v) is 6.94. The molecule has 5 rings (SSSR count). The molecule has 0 saturated heterocycles. The number of benzene rings is 4. The molecule has 1 aliphatic heterocycles. The van der Waals surface area contributed by atoms with Gasteiger partial charge in [0.15, 0.2) is 10.9 Å². The maximum absolute atomic E-state index is 12.8. The molecule has 1 heterocycles. The second-order valence-corrected chi connectivity index (χ2v) is 16.0. The fourth-order valence-electron chi connectivity index (χ4n) is 6.38.